The minimum atomic E-state index is -0.236. The van der Waals surface area contributed by atoms with Crippen LogP contribution < -0.4 is 9.80 Å². The van der Waals surface area contributed by atoms with E-state index in [9.17, 15) is 5.26 Å². The molecule has 33 heavy (non-hydrogen) atoms. The molecular weight excluding hydrogens is 438 g/mol. The molecule has 1 atom stereocenters. The summed E-state index contributed by atoms with van der Waals surface area (Å²) in [5.74, 6) is 2.52. The van der Waals surface area contributed by atoms with E-state index < -0.39 is 0 Å². The van der Waals surface area contributed by atoms with Gasteiger partial charge < -0.3 is 9.80 Å². The van der Waals surface area contributed by atoms with E-state index in [2.05, 4.69) is 45.5 Å². The summed E-state index contributed by atoms with van der Waals surface area (Å²) in [6.07, 6.45) is 1.82. The molecule has 5 heterocycles. The molecule has 0 bridgehead atoms. The Kier molecular flexibility index (Phi) is 4.57. The highest BCUT2D eigenvalue weighted by molar-refractivity contribution is 6.30. The number of nitriles is 1. The molecule has 0 saturated carbocycles. The summed E-state index contributed by atoms with van der Waals surface area (Å²) < 4.78 is 2.14. The van der Waals surface area contributed by atoms with Crippen LogP contribution in [0.25, 0.3) is 5.69 Å². The quantitative estimate of drug-likeness (QED) is 0.588. The molecule has 0 N–H and O–H groups in total. The van der Waals surface area contributed by atoms with Gasteiger partial charge in [0.05, 0.1) is 24.3 Å². The fourth-order valence-corrected chi connectivity index (χ4v) is 5.36. The first-order valence-electron chi connectivity index (χ1n) is 11.1. The van der Waals surface area contributed by atoms with Gasteiger partial charge in [0.2, 0.25) is 11.9 Å². The smallest absolute Gasteiger partial charge is 0.231 e. The van der Waals surface area contributed by atoms with Gasteiger partial charge in [0.15, 0.2) is 5.82 Å². The van der Waals surface area contributed by atoms with Gasteiger partial charge in [-0.2, -0.15) is 5.26 Å². The summed E-state index contributed by atoms with van der Waals surface area (Å²) in [5.41, 5.74) is 3.34. The predicted octanol–water partition coefficient (Wildman–Crippen LogP) is 2.57. The Hall–Kier alpha value is -3.22. The molecule has 3 aliphatic heterocycles. The Balaban J connectivity index is 1.26. The van der Waals surface area contributed by atoms with E-state index in [0.717, 1.165) is 60.8 Å². The summed E-state index contributed by atoms with van der Waals surface area (Å²) in [7, 11) is 0. The van der Waals surface area contributed by atoms with Crippen LogP contribution in [0.2, 0.25) is 5.02 Å². The number of benzene rings is 1. The van der Waals surface area contributed by atoms with E-state index >= 15 is 0 Å². The number of halogens is 1. The van der Waals surface area contributed by atoms with Crippen molar-refractivity contribution in [3.63, 3.8) is 0 Å². The molecule has 3 aromatic rings. The van der Waals surface area contributed by atoms with Gasteiger partial charge in [0.1, 0.15) is 0 Å². The number of hydrogen-bond donors (Lipinski definition) is 0. The standard InChI is InChI=1S/C23H24ClN9/c1-15-5-6-26-21(27-15)31-11-23(12-31)13-32(14-23)22-29-28-20-10-30(16(2)8-25)9-17-7-18(24)3-4-19(17)33(20)22/h3-7,16H,9-14H2,1-2H3. The van der Waals surface area contributed by atoms with Crippen molar-refractivity contribution in [2.24, 2.45) is 5.41 Å². The third-order valence-electron chi connectivity index (χ3n) is 6.90. The molecular formula is C23H24ClN9. The van der Waals surface area contributed by atoms with Gasteiger partial charge in [-0.1, -0.05) is 11.6 Å². The van der Waals surface area contributed by atoms with Gasteiger partial charge in [-0.05, 0) is 43.7 Å². The van der Waals surface area contributed by atoms with Gasteiger partial charge >= 0.3 is 0 Å². The van der Waals surface area contributed by atoms with Crippen LogP contribution in [0.3, 0.4) is 0 Å². The highest BCUT2D eigenvalue weighted by Gasteiger charge is 2.54. The first-order chi connectivity index (χ1) is 15.9. The number of nitrogens with zero attached hydrogens (tertiary/aromatic N) is 9. The molecule has 6 rings (SSSR count). The largest absolute Gasteiger partial charge is 0.339 e. The van der Waals surface area contributed by atoms with Crippen LogP contribution in [0.15, 0.2) is 30.5 Å². The normalized spacial score (nSPS) is 19.7. The van der Waals surface area contributed by atoms with E-state index in [1.54, 1.807) is 0 Å². The lowest BCUT2D eigenvalue weighted by Crippen LogP contribution is -2.73. The molecule has 10 heteroatoms. The Labute approximate surface area is 197 Å². The van der Waals surface area contributed by atoms with Crippen LogP contribution in [0.5, 0.6) is 0 Å². The molecule has 0 amide bonds. The Bertz CT molecular complexity index is 1270. The Morgan fingerprint density at radius 1 is 1.09 bits per heavy atom. The van der Waals surface area contributed by atoms with Gasteiger partial charge in [0, 0.05) is 55.1 Å². The summed E-state index contributed by atoms with van der Waals surface area (Å²) in [4.78, 5) is 15.6. The van der Waals surface area contributed by atoms with Crippen molar-refractivity contribution >= 4 is 23.5 Å². The molecule has 1 unspecified atom stereocenters. The highest BCUT2D eigenvalue weighted by atomic mass is 35.5. The van der Waals surface area contributed by atoms with Crippen molar-refractivity contribution in [1.29, 1.82) is 5.26 Å². The number of hydrogen-bond acceptors (Lipinski definition) is 8. The fraction of sp³-hybridized carbons (Fsp3) is 0.435. The summed E-state index contributed by atoms with van der Waals surface area (Å²) in [5, 5.41) is 19.3. The molecule has 1 aromatic carbocycles. The summed E-state index contributed by atoms with van der Waals surface area (Å²) in [6, 6.07) is 9.95. The molecule has 0 radical (unpaired) electrons. The molecule has 168 valence electrons. The minimum absolute atomic E-state index is 0.236. The lowest BCUT2D eigenvalue weighted by Gasteiger charge is -2.60. The number of aromatic nitrogens is 5. The number of anilines is 2. The summed E-state index contributed by atoms with van der Waals surface area (Å²) in [6.45, 7) is 8.86. The minimum Gasteiger partial charge on any atom is -0.339 e. The second kappa shape index (κ2) is 7.40. The monoisotopic (exact) mass is 461 g/mol. The van der Waals surface area contributed by atoms with E-state index in [1.165, 1.54) is 0 Å². The first-order valence-corrected chi connectivity index (χ1v) is 11.5. The molecule has 1 spiro atoms. The second-order valence-corrected chi connectivity index (χ2v) is 9.88. The van der Waals surface area contributed by atoms with Crippen LogP contribution in [-0.2, 0) is 13.1 Å². The predicted molar refractivity (Wildman–Crippen MR) is 124 cm³/mol. The maximum Gasteiger partial charge on any atom is 0.231 e. The van der Waals surface area contributed by atoms with Crippen LogP contribution in [-0.4, -0.2) is 61.9 Å². The first kappa shape index (κ1) is 20.4. The van der Waals surface area contributed by atoms with Gasteiger partial charge in [-0.15, -0.1) is 10.2 Å². The van der Waals surface area contributed by atoms with E-state index in [1.807, 2.05) is 44.3 Å². The molecule has 2 saturated heterocycles. The third-order valence-corrected chi connectivity index (χ3v) is 7.14. The maximum absolute atomic E-state index is 9.50. The number of aryl methyl sites for hydroxylation is 1. The number of rotatable bonds is 3. The van der Waals surface area contributed by atoms with Crippen molar-refractivity contribution in [2.75, 3.05) is 36.0 Å². The molecule has 9 nitrogen and oxygen atoms in total. The average molecular weight is 462 g/mol. The van der Waals surface area contributed by atoms with Gasteiger partial charge in [-0.25, -0.2) is 9.97 Å². The van der Waals surface area contributed by atoms with Crippen LogP contribution >= 0.6 is 11.6 Å². The van der Waals surface area contributed by atoms with Crippen molar-refractivity contribution in [2.45, 2.75) is 33.0 Å². The van der Waals surface area contributed by atoms with Crippen LogP contribution in [0.4, 0.5) is 11.9 Å². The molecule has 2 aromatic heterocycles. The summed E-state index contributed by atoms with van der Waals surface area (Å²) >= 11 is 6.32. The molecule has 2 fully saturated rings. The zero-order valence-corrected chi connectivity index (χ0v) is 19.4. The van der Waals surface area contributed by atoms with Crippen LogP contribution in [0, 0.1) is 23.7 Å². The second-order valence-electron chi connectivity index (χ2n) is 9.44. The highest BCUT2D eigenvalue weighted by Crippen LogP contribution is 2.43. The van der Waals surface area contributed by atoms with E-state index in [0.29, 0.717) is 18.1 Å². The topological polar surface area (TPSA) is 90.0 Å². The third kappa shape index (κ3) is 3.33. The van der Waals surface area contributed by atoms with Gasteiger partial charge in [0.25, 0.3) is 0 Å². The Morgan fingerprint density at radius 2 is 1.88 bits per heavy atom. The Morgan fingerprint density at radius 3 is 2.64 bits per heavy atom. The van der Waals surface area contributed by atoms with Crippen molar-refractivity contribution in [3.8, 4) is 11.8 Å². The van der Waals surface area contributed by atoms with Crippen molar-refractivity contribution < 1.29 is 0 Å². The van der Waals surface area contributed by atoms with Gasteiger partial charge in [-0.3, -0.25) is 9.47 Å². The lowest BCUT2D eigenvalue weighted by molar-refractivity contribution is 0.152. The lowest BCUT2D eigenvalue weighted by atomic mass is 9.73. The van der Waals surface area contributed by atoms with Crippen molar-refractivity contribution in [3.05, 3.63) is 52.6 Å². The molecule has 0 aliphatic carbocycles. The fourth-order valence-electron chi connectivity index (χ4n) is 5.17. The zero-order valence-electron chi connectivity index (χ0n) is 18.6. The van der Waals surface area contributed by atoms with Crippen molar-refractivity contribution in [1.82, 2.24) is 29.6 Å². The zero-order chi connectivity index (χ0) is 22.7. The average Bonchev–Trinajstić information content (AvgIpc) is 3.06. The van der Waals surface area contributed by atoms with E-state index in [4.69, 9.17) is 11.6 Å². The number of fused-ring (bicyclic) bond motifs is 3. The van der Waals surface area contributed by atoms with E-state index in [-0.39, 0.29) is 11.5 Å². The SMILES string of the molecule is Cc1ccnc(N2CC3(C2)CN(c2nnc4n2-c2ccc(Cl)cc2CN(C(C)C#N)C4)C3)n1. The molecule has 3 aliphatic rings. The van der Waals surface area contributed by atoms with Crippen LogP contribution in [0.1, 0.15) is 24.0 Å². The maximum atomic E-state index is 9.50.